The molecule has 0 fully saturated rings. The summed E-state index contributed by atoms with van der Waals surface area (Å²) >= 11 is 12.9. The Labute approximate surface area is 130 Å². The van der Waals surface area contributed by atoms with E-state index in [2.05, 4.69) is 13.4 Å². The van der Waals surface area contributed by atoms with Gasteiger partial charge in [-0.2, -0.15) is 8.73 Å². The Kier molecular flexibility index (Phi) is 5.03. The van der Waals surface area contributed by atoms with Crippen LogP contribution in [0.25, 0.3) is 0 Å². The Bertz CT molecular complexity index is 700. The van der Waals surface area contributed by atoms with Crippen molar-refractivity contribution in [3.63, 3.8) is 0 Å². The fourth-order valence-electron chi connectivity index (χ4n) is 1.58. The number of halogens is 2. The van der Waals surface area contributed by atoms with Crippen molar-refractivity contribution in [3.05, 3.63) is 16.1 Å². The molecule has 0 radical (unpaired) electrons. The van der Waals surface area contributed by atoms with E-state index in [0.717, 1.165) is 11.4 Å². The first-order chi connectivity index (χ1) is 9.44. The first kappa shape index (κ1) is 15.7. The van der Waals surface area contributed by atoms with Gasteiger partial charge in [-0.3, -0.25) is 4.72 Å². The molecule has 0 aliphatic carbocycles. The maximum Gasteiger partial charge on any atom is 0.232 e. The van der Waals surface area contributed by atoms with Gasteiger partial charge in [-0.1, -0.05) is 23.2 Å². The van der Waals surface area contributed by atoms with Crippen molar-refractivity contribution in [2.24, 2.45) is 8.73 Å². The van der Waals surface area contributed by atoms with Gasteiger partial charge < -0.3 is 5.11 Å². The standard InChI is InChI=1S/C10H11Cl2N3O3S2/c11-6-5-7(12)9(10-8(6)13-19-14-10)15-20(17,18)4-2-1-3-16/h5,15-16H,1-4H2. The highest BCUT2D eigenvalue weighted by Gasteiger charge is 2.22. The molecule has 0 bridgehead atoms. The molecule has 110 valence electrons. The molecule has 1 aromatic carbocycles. The first-order valence-electron chi connectivity index (χ1n) is 5.66. The normalized spacial score (nSPS) is 13.2. The number of aliphatic hydroxyl groups excluding tert-OH is 1. The summed E-state index contributed by atoms with van der Waals surface area (Å²) in [6, 6.07) is 1.43. The van der Waals surface area contributed by atoms with E-state index in [0.29, 0.717) is 29.2 Å². The molecule has 1 heterocycles. The van der Waals surface area contributed by atoms with E-state index in [1.165, 1.54) is 6.07 Å². The number of nitrogens with zero attached hydrogens (tertiary/aromatic N) is 2. The fourth-order valence-corrected chi connectivity index (χ4v) is 4.00. The van der Waals surface area contributed by atoms with Crippen LogP contribution in [0.15, 0.2) is 14.8 Å². The summed E-state index contributed by atoms with van der Waals surface area (Å²) in [5, 5.41) is 9.16. The molecule has 0 saturated carbocycles. The molecular formula is C10H11Cl2N3O3S2. The molecule has 6 nitrogen and oxygen atoms in total. The van der Waals surface area contributed by atoms with Gasteiger partial charge >= 0.3 is 0 Å². The molecule has 2 rings (SSSR count). The molecule has 0 saturated heterocycles. The second-order valence-corrected chi connectivity index (χ2v) is 7.21. The van der Waals surface area contributed by atoms with Crippen LogP contribution in [0.5, 0.6) is 0 Å². The summed E-state index contributed by atoms with van der Waals surface area (Å²) < 4.78 is 34.3. The van der Waals surface area contributed by atoms with Gasteiger partial charge in [0, 0.05) is 6.61 Å². The Hall–Kier alpha value is -0.670. The number of hydrogen-bond donors (Lipinski definition) is 2. The number of anilines is 1. The predicted molar refractivity (Wildman–Crippen MR) is 81.7 cm³/mol. The van der Waals surface area contributed by atoms with E-state index in [1.807, 2.05) is 0 Å². The number of nitrogens with one attached hydrogen (secondary N) is 1. The van der Waals surface area contributed by atoms with Crippen LogP contribution in [-0.2, 0) is 21.4 Å². The average Bonchev–Trinajstić information content (AvgIpc) is 2.84. The molecule has 0 spiro atoms. The highest BCUT2D eigenvalue weighted by atomic mass is 35.5. The summed E-state index contributed by atoms with van der Waals surface area (Å²) in [7, 11) is -3.56. The Morgan fingerprint density at radius 3 is 2.60 bits per heavy atom. The zero-order valence-corrected chi connectivity index (χ0v) is 13.3. The van der Waals surface area contributed by atoms with Crippen molar-refractivity contribution in [2.75, 3.05) is 17.1 Å². The summed E-state index contributed by atoms with van der Waals surface area (Å²) in [4.78, 5) is 0. The smallest absolute Gasteiger partial charge is 0.232 e. The van der Waals surface area contributed by atoms with Crippen LogP contribution in [0.2, 0.25) is 10.0 Å². The van der Waals surface area contributed by atoms with Gasteiger partial charge in [0.05, 0.1) is 32.8 Å². The molecule has 1 aliphatic heterocycles. The summed E-state index contributed by atoms with van der Waals surface area (Å²) in [6.45, 7) is -0.0442. The predicted octanol–water partition coefficient (Wildman–Crippen LogP) is 3.23. The number of sulfonamides is 1. The first-order valence-corrected chi connectivity index (χ1v) is 8.80. The van der Waals surface area contributed by atoms with Crippen molar-refractivity contribution in [1.82, 2.24) is 0 Å². The second-order valence-electron chi connectivity index (χ2n) is 4.03. The van der Waals surface area contributed by atoms with Gasteiger partial charge in [0.1, 0.15) is 11.4 Å². The van der Waals surface area contributed by atoms with Gasteiger partial charge in [-0.15, -0.1) is 0 Å². The van der Waals surface area contributed by atoms with Crippen molar-refractivity contribution >= 4 is 61.6 Å². The molecule has 10 heteroatoms. The topological polar surface area (TPSA) is 91.1 Å². The summed E-state index contributed by atoms with van der Waals surface area (Å²) in [6.07, 6.45) is 0.776. The van der Waals surface area contributed by atoms with Crippen LogP contribution in [0.4, 0.5) is 17.1 Å². The lowest BCUT2D eigenvalue weighted by Gasteiger charge is -2.12. The van der Waals surface area contributed by atoms with E-state index in [-0.39, 0.29) is 23.1 Å². The molecule has 0 aromatic heterocycles. The number of fused-ring (bicyclic) bond motifs is 1. The Morgan fingerprint density at radius 1 is 1.20 bits per heavy atom. The molecule has 0 atom stereocenters. The van der Waals surface area contributed by atoms with Crippen LogP contribution < -0.4 is 4.72 Å². The molecular weight excluding hydrogens is 345 g/mol. The third-order valence-corrected chi connectivity index (χ3v) is 4.98. The largest absolute Gasteiger partial charge is 0.396 e. The molecule has 1 aliphatic rings. The average molecular weight is 356 g/mol. The van der Waals surface area contributed by atoms with Crippen LogP contribution in [-0.4, -0.2) is 25.9 Å². The molecule has 0 amide bonds. The highest BCUT2D eigenvalue weighted by molar-refractivity contribution is 7.92. The van der Waals surface area contributed by atoms with Crippen LogP contribution in [0.3, 0.4) is 0 Å². The maximum absolute atomic E-state index is 11.9. The maximum atomic E-state index is 11.9. The molecule has 20 heavy (non-hydrogen) atoms. The van der Waals surface area contributed by atoms with Crippen molar-refractivity contribution in [1.29, 1.82) is 0 Å². The Balaban J connectivity index is 2.27. The van der Waals surface area contributed by atoms with Crippen LogP contribution >= 0.6 is 23.2 Å². The second kappa shape index (κ2) is 6.40. The van der Waals surface area contributed by atoms with Crippen molar-refractivity contribution < 1.29 is 13.5 Å². The number of unbranched alkanes of at least 4 members (excludes halogenated alkanes) is 1. The summed E-state index contributed by atoms with van der Waals surface area (Å²) in [5.41, 5.74) is 0.927. The van der Waals surface area contributed by atoms with Gasteiger partial charge in [-0.05, 0) is 18.9 Å². The lowest BCUT2D eigenvalue weighted by atomic mass is 10.2. The van der Waals surface area contributed by atoms with Crippen LogP contribution in [0.1, 0.15) is 12.8 Å². The van der Waals surface area contributed by atoms with Crippen LogP contribution in [0, 0.1) is 0 Å². The molecule has 0 unspecified atom stereocenters. The number of aliphatic hydroxyl groups is 1. The quantitative estimate of drug-likeness (QED) is 0.779. The summed E-state index contributed by atoms with van der Waals surface area (Å²) in [5.74, 6) is -0.106. The Morgan fingerprint density at radius 2 is 1.90 bits per heavy atom. The minimum atomic E-state index is -3.56. The van der Waals surface area contributed by atoms with E-state index in [9.17, 15) is 8.42 Å². The van der Waals surface area contributed by atoms with E-state index in [1.54, 1.807) is 0 Å². The highest BCUT2D eigenvalue weighted by Crippen LogP contribution is 2.47. The lowest BCUT2D eigenvalue weighted by molar-refractivity contribution is 0.287. The van der Waals surface area contributed by atoms with E-state index < -0.39 is 10.0 Å². The number of hydrogen-bond acceptors (Lipinski definition) is 5. The van der Waals surface area contributed by atoms with E-state index in [4.69, 9.17) is 28.3 Å². The molecule has 2 N–H and O–H groups in total. The third kappa shape index (κ3) is 3.50. The minimum absolute atomic E-state index is 0.0442. The monoisotopic (exact) mass is 355 g/mol. The van der Waals surface area contributed by atoms with Gasteiger partial charge in [-0.25, -0.2) is 8.42 Å². The number of benzene rings is 1. The fraction of sp³-hybridized carbons (Fsp3) is 0.400. The zero-order valence-electron chi connectivity index (χ0n) is 10.1. The SMILES string of the molecule is O=S(=O)(CCCCO)Nc1c(Cl)cc(Cl)c2c1N=S=N2. The zero-order chi connectivity index (χ0) is 14.8. The van der Waals surface area contributed by atoms with Gasteiger partial charge in [0.15, 0.2) is 0 Å². The lowest BCUT2D eigenvalue weighted by Crippen LogP contribution is -2.17. The van der Waals surface area contributed by atoms with Gasteiger partial charge in [0.25, 0.3) is 0 Å². The van der Waals surface area contributed by atoms with Crippen molar-refractivity contribution in [2.45, 2.75) is 12.8 Å². The minimum Gasteiger partial charge on any atom is -0.396 e. The van der Waals surface area contributed by atoms with E-state index >= 15 is 0 Å². The number of rotatable bonds is 6. The molecule has 1 aromatic rings. The van der Waals surface area contributed by atoms with Gasteiger partial charge in [0.2, 0.25) is 10.0 Å². The van der Waals surface area contributed by atoms with Crippen molar-refractivity contribution in [3.8, 4) is 0 Å². The third-order valence-electron chi connectivity index (χ3n) is 2.52.